The molecule has 0 radical (unpaired) electrons. The molecule has 2 saturated heterocycles. The quantitative estimate of drug-likeness (QED) is 0.421. The van der Waals surface area contributed by atoms with Gasteiger partial charge in [0.25, 0.3) is 11.5 Å². The van der Waals surface area contributed by atoms with E-state index in [0.29, 0.717) is 38.6 Å². The molecule has 10 heteroatoms. The molecule has 3 aromatic heterocycles. The summed E-state index contributed by atoms with van der Waals surface area (Å²) in [6, 6.07) is 7.26. The Balaban J connectivity index is 1.53. The average molecular weight is 483 g/mol. The van der Waals surface area contributed by atoms with Crippen LogP contribution in [0.15, 0.2) is 50.8 Å². The summed E-state index contributed by atoms with van der Waals surface area (Å²) < 4.78 is 13.0. The summed E-state index contributed by atoms with van der Waals surface area (Å²) in [5.74, 6) is 0.802. The molecule has 170 valence electrons. The minimum absolute atomic E-state index is 0.0708. The average Bonchev–Trinajstić information content (AvgIpc) is 3.55. The zero-order chi connectivity index (χ0) is 22.9. The summed E-state index contributed by atoms with van der Waals surface area (Å²) >= 11 is 6.59. The lowest BCUT2D eigenvalue weighted by molar-refractivity contribution is -0.122. The Morgan fingerprint density at radius 3 is 2.97 bits per heavy atom. The molecule has 0 aliphatic carbocycles. The Labute approximate surface area is 199 Å². The molecular formula is C23H22N4O4S2. The maximum atomic E-state index is 13.4. The van der Waals surface area contributed by atoms with Crippen LogP contribution in [0.1, 0.15) is 29.7 Å². The van der Waals surface area contributed by atoms with E-state index in [4.69, 9.17) is 26.4 Å². The summed E-state index contributed by atoms with van der Waals surface area (Å²) in [4.78, 5) is 33.1. The third-order valence-electron chi connectivity index (χ3n) is 5.65. The molecule has 1 atom stereocenters. The van der Waals surface area contributed by atoms with Gasteiger partial charge in [-0.25, -0.2) is 4.98 Å². The number of rotatable bonds is 6. The Hall–Kier alpha value is -2.95. The van der Waals surface area contributed by atoms with Crippen LogP contribution in [-0.4, -0.2) is 43.8 Å². The van der Waals surface area contributed by atoms with E-state index in [9.17, 15) is 9.59 Å². The highest BCUT2D eigenvalue weighted by Gasteiger charge is 2.33. The number of hydrogen-bond acceptors (Lipinski definition) is 8. The first-order valence-electron chi connectivity index (χ1n) is 10.7. The molecule has 2 fully saturated rings. The highest BCUT2D eigenvalue weighted by atomic mass is 32.2. The van der Waals surface area contributed by atoms with Crippen LogP contribution in [0.5, 0.6) is 0 Å². The summed E-state index contributed by atoms with van der Waals surface area (Å²) in [6.07, 6.45) is 6.87. The van der Waals surface area contributed by atoms with E-state index in [1.54, 1.807) is 36.7 Å². The fourth-order valence-electron chi connectivity index (χ4n) is 3.92. The van der Waals surface area contributed by atoms with E-state index in [1.807, 2.05) is 13.0 Å². The normalized spacial score (nSPS) is 19.8. The number of furan rings is 1. The van der Waals surface area contributed by atoms with E-state index < -0.39 is 0 Å². The Morgan fingerprint density at radius 2 is 2.21 bits per heavy atom. The summed E-state index contributed by atoms with van der Waals surface area (Å²) in [5, 5.41) is 3.29. The van der Waals surface area contributed by atoms with Gasteiger partial charge in [0.1, 0.15) is 21.5 Å². The van der Waals surface area contributed by atoms with Crippen LogP contribution in [0.2, 0.25) is 0 Å². The van der Waals surface area contributed by atoms with Crippen LogP contribution in [-0.2, 0) is 16.1 Å². The maximum Gasteiger partial charge on any atom is 0.267 e. The van der Waals surface area contributed by atoms with Crippen molar-refractivity contribution in [2.45, 2.75) is 32.4 Å². The number of aromatic nitrogens is 2. The van der Waals surface area contributed by atoms with Crippen LogP contribution < -0.4 is 10.9 Å². The number of pyridine rings is 1. The molecule has 1 amide bonds. The molecule has 0 spiro atoms. The van der Waals surface area contributed by atoms with E-state index in [0.717, 1.165) is 25.0 Å². The largest absolute Gasteiger partial charge is 0.467 e. The standard InChI is InChI=1S/C23H22N4O4S2/c1-14-5-2-8-26-20(14)25-19(24-12-15-6-3-9-30-15)17(21(26)28)11-18-22(29)27(23(32)33-18)13-16-7-4-10-31-16/h2,4-5,7-8,10-11,15,24H,3,6,9,12-13H2,1H3. The molecule has 2 aliphatic heterocycles. The van der Waals surface area contributed by atoms with Crippen LogP contribution in [0.25, 0.3) is 11.7 Å². The van der Waals surface area contributed by atoms with Gasteiger partial charge >= 0.3 is 0 Å². The van der Waals surface area contributed by atoms with Gasteiger partial charge in [0.05, 0.1) is 29.4 Å². The van der Waals surface area contributed by atoms with Crippen molar-refractivity contribution in [1.82, 2.24) is 14.3 Å². The molecule has 8 nitrogen and oxygen atoms in total. The molecule has 5 heterocycles. The molecule has 33 heavy (non-hydrogen) atoms. The number of nitrogens with zero attached hydrogens (tertiary/aromatic N) is 3. The van der Waals surface area contributed by atoms with Crippen molar-refractivity contribution in [2.75, 3.05) is 18.5 Å². The van der Waals surface area contributed by atoms with Gasteiger partial charge in [-0.2, -0.15) is 0 Å². The molecule has 0 aromatic carbocycles. The number of aryl methyl sites for hydroxylation is 1. The SMILES string of the molecule is Cc1cccn2c(=O)c(C=C3SC(=S)N(Cc4ccco4)C3=O)c(NCC3CCCO3)nc12. The van der Waals surface area contributed by atoms with Crippen molar-refractivity contribution >= 4 is 51.7 Å². The maximum absolute atomic E-state index is 13.4. The number of anilines is 1. The molecule has 2 aliphatic rings. The van der Waals surface area contributed by atoms with Crippen molar-refractivity contribution < 1.29 is 13.9 Å². The molecular weight excluding hydrogens is 460 g/mol. The highest BCUT2D eigenvalue weighted by Crippen LogP contribution is 2.34. The molecule has 0 saturated carbocycles. The monoisotopic (exact) mass is 482 g/mol. The number of carbonyl (C=O) groups is 1. The second-order valence-electron chi connectivity index (χ2n) is 7.93. The smallest absolute Gasteiger partial charge is 0.267 e. The van der Waals surface area contributed by atoms with Gasteiger partial charge in [-0.15, -0.1) is 0 Å². The molecule has 1 N–H and O–H groups in total. The Morgan fingerprint density at radius 1 is 1.33 bits per heavy atom. The number of thioether (sulfide) groups is 1. The zero-order valence-electron chi connectivity index (χ0n) is 17.9. The van der Waals surface area contributed by atoms with Gasteiger partial charge in [0.2, 0.25) is 0 Å². The fourth-order valence-corrected chi connectivity index (χ4v) is 5.15. The lowest BCUT2D eigenvalue weighted by Gasteiger charge is -2.15. The predicted molar refractivity (Wildman–Crippen MR) is 131 cm³/mol. The first kappa shape index (κ1) is 21.9. The van der Waals surface area contributed by atoms with E-state index in [2.05, 4.69) is 5.32 Å². The summed E-state index contributed by atoms with van der Waals surface area (Å²) in [7, 11) is 0. The fraction of sp³-hybridized carbons (Fsp3) is 0.304. The van der Waals surface area contributed by atoms with Crippen LogP contribution in [0, 0.1) is 6.92 Å². The first-order chi connectivity index (χ1) is 16.0. The topological polar surface area (TPSA) is 89.1 Å². The van der Waals surface area contributed by atoms with E-state index >= 15 is 0 Å². The van der Waals surface area contributed by atoms with Crippen LogP contribution in [0.4, 0.5) is 5.82 Å². The number of thiocarbonyl (C=S) groups is 1. The number of nitrogens with one attached hydrogen (secondary N) is 1. The van der Waals surface area contributed by atoms with Gasteiger partial charge in [-0.3, -0.25) is 18.9 Å². The van der Waals surface area contributed by atoms with Gasteiger partial charge in [0.15, 0.2) is 0 Å². The lowest BCUT2D eigenvalue weighted by atomic mass is 10.2. The van der Waals surface area contributed by atoms with Gasteiger partial charge in [-0.1, -0.05) is 30.0 Å². The number of fused-ring (bicyclic) bond motifs is 1. The highest BCUT2D eigenvalue weighted by molar-refractivity contribution is 8.26. The Bertz CT molecular complexity index is 1310. The van der Waals surface area contributed by atoms with Crippen molar-refractivity contribution in [2.24, 2.45) is 0 Å². The van der Waals surface area contributed by atoms with E-state index in [-0.39, 0.29) is 24.1 Å². The molecule has 5 rings (SSSR count). The van der Waals surface area contributed by atoms with Crippen molar-refractivity contribution in [3.8, 4) is 0 Å². The second-order valence-corrected chi connectivity index (χ2v) is 9.60. The van der Waals surface area contributed by atoms with Crippen molar-refractivity contribution in [3.63, 3.8) is 0 Å². The molecule has 3 aromatic rings. The number of amides is 1. The van der Waals surface area contributed by atoms with Crippen LogP contribution >= 0.6 is 24.0 Å². The third-order valence-corrected chi connectivity index (χ3v) is 7.03. The first-order valence-corrected chi connectivity index (χ1v) is 11.9. The minimum Gasteiger partial charge on any atom is -0.467 e. The van der Waals surface area contributed by atoms with Crippen LogP contribution in [0.3, 0.4) is 0 Å². The van der Waals surface area contributed by atoms with Gasteiger partial charge in [-0.05, 0) is 49.6 Å². The van der Waals surface area contributed by atoms with E-state index in [1.165, 1.54) is 21.1 Å². The number of carbonyl (C=O) groups excluding carboxylic acids is 1. The van der Waals surface area contributed by atoms with Crippen molar-refractivity contribution in [1.29, 1.82) is 0 Å². The summed E-state index contributed by atoms with van der Waals surface area (Å²) in [6.45, 7) is 3.43. The second kappa shape index (κ2) is 9.12. The predicted octanol–water partition coefficient (Wildman–Crippen LogP) is 3.59. The van der Waals surface area contributed by atoms with Gasteiger partial charge < -0.3 is 14.5 Å². The van der Waals surface area contributed by atoms with Gasteiger partial charge in [0, 0.05) is 19.3 Å². The lowest BCUT2D eigenvalue weighted by Crippen LogP contribution is -2.27. The number of ether oxygens (including phenoxy) is 1. The Kier molecular flexibility index (Phi) is 6.05. The summed E-state index contributed by atoms with van der Waals surface area (Å²) in [5.41, 5.74) is 1.51. The van der Waals surface area contributed by atoms with Crippen molar-refractivity contribution in [3.05, 3.63) is 68.9 Å². The third kappa shape index (κ3) is 4.33. The molecule has 1 unspecified atom stereocenters. The molecule has 0 bridgehead atoms. The number of hydrogen-bond donors (Lipinski definition) is 1. The zero-order valence-corrected chi connectivity index (χ0v) is 19.6. The minimum atomic E-state index is -0.264.